The molecule has 0 spiro atoms. The van der Waals surface area contributed by atoms with Crippen molar-refractivity contribution >= 4 is 22.9 Å². The second-order valence-electron chi connectivity index (χ2n) is 5.30. The molecule has 2 N–H and O–H groups in total. The molecule has 0 aliphatic carbocycles. The summed E-state index contributed by atoms with van der Waals surface area (Å²) in [4.78, 5) is 18.3. The summed E-state index contributed by atoms with van der Waals surface area (Å²) in [6, 6.07) is 13.5. The van der Waals surface area contributed by atoms with Crippen molar-refractivity contribution in [2.24, 2.45) is 4.99 Å². The van der Waals surface area contributed by atoms with Crippen molar-refractivity contribution in [3.05, 3.63) is 59.2 Å². The van der Waals surface area contributed by atoms with E-state index >= 15 is 0 Å². The maximum atomic E-state index is 11.9. The summed E-state index contributed by atoms with van der Waals surface area (Å²) in [5.74, 6) is 0.0623. The molecule has 0 saturated heterocycles. The third-order valence-electron chi connectivity index (χ3n) is 3.65. The molecule has 21 heavy (non-hydrogen) atoms. The predicted molar refractivity (Wildman–Crippen MR) is 86.5 cm³/mol. The first-order valence-corrected chi connectivity index (χ1v) is 6.82. The van der Waals surface area contributed by atoms with Crippen molar-refractivity contribution < 1.29 is 4.79 Å². The lowest BCUT2D eigenvalue weighted by molar-refractivity contribution is 0.1000. The number of Topliss-reactive ketones (excluding diaryl/α,β-unsaturated/α-hetero) is 1. The number of hydrogen-bond donors (Lipinski definition) is 1. The van der Waals surface area contributed by atoms with Gasteiger partial charge in [-0.3, -0.25) is 9.79 Å². The molecule has 1 heterocycles. The highest BCUT2D eigenvalue weighted by atomic mass is 16.1. The molecule has 1 aliphatic rings. The Hall–Kier alpha value is -2.62. The van der Waals surface area contributed by atoms with E-state index in [2.05, 4.69) is 4.99 Å². The summed E-state index contributed by atoms with van der Waals surface area (Å²) in [6.07, 6.45) is 0. The van der Waals surface area contributed by atoms with Crippen LogP contribution in [0.3, 0.4) is 0 Å². The molecule has 0 radical (unpaired) electrons. The highest BCUT2D eigenvalue weighted by Gasteiger charge is 2.21. The summed E-state index contributed by atoms with van der Waals surface area (Å²) >= 11 is 0. The highest BCUT2D eigenvalue weighted by molar-refractivity contribution is 6.22. The molecule has 0 amide bonds. The molecule has 2 aromatic carbocycles. The normalized spacial score (nSPS) is 13.6. The van der Waals surface area contributed by atoms with Crippen molar-refractivity contribution in [3.63, 3.8) is 0 Å². The molecule has 0 aromatic heterocycles. The Morgan fingerprint density at radius 3 is 2.48 bits per heavy atom. The van der Waals surface area contributed by atoms with Crippen molar-refractivity contribution in [2.75, 3.05) is 31.3 Å². The minimum atomic E-state index is 0.0623. The van der Waals surface area contributed by atoms with Gasteiger partial charge in [0.1, 0.15) is 6.54 Å². The van der Waals surface area contributed by atoms with Crippen LogP contribution in [0.2, 0.25) is 0 Å². The highest BCUT2D eigenvalue weighted by Crippen LogP contribution is 2.26. The maximum Gasteiger partial charge on any atom is 0.184 e. The Morgan fingerprint density at radius 2 is 1.81 bits per heavy atom. The number of anilines is 2. The van der Waals surface area contributed by atoms with Crippen molar-refractivity contribution in [3.8, 4) is 0 Å². The van der Waals surface area contributed by atoms with Gasteiger partial charge in [0.05, 0.1) is 17.1 Å². The molecule has 4 nitrogen and oxygen atoms in total. The monoisotopic (exact) mass is 279 g/mol. The molecule has 0 unspecified atom stereocenters. The zero-order valence-corrected chi connectivity index (χ0v) is 12.1. The van der Waals surface area contributed by atoms with Gasteiger partial charge in [0.25, 0.3) is 0 Å². The lowest BCUT2D eigenvalue weighted by Crippen LogP contribution is -2.20. The van der Waals surface area contributed by atoms with Gasteiger partial charge in [-0.2, -0.15) is 0 Å². The van der Waals surface area contributed by atoms with Gasteiger partial charge < -0.3 is 10.6 Å². The summed E-state index contributed by atoms with van der Waals surface area (Å²) < 4.78 is 0. The van der Waals surface area contributed by atoms with Gasteiger partial charge in [0, 0.05) is 30.8 Å². The molecular weight excluding hydrogens is 262 g/mol. The molecule has 0 atom stereocenters. The molecule has 4 heteroatoms. The van der Waals surface area contributed by atoms with Crippen LogP contribution in [0.1, 0.15) is 21.5 Å². The molecule has 0 saturated carbocycles. The van der Waals surface area contributed by atoms with E-state index in [1.165, 1.54) is 0 Å². The van der Waals surface area contributed by atoms with Gasteiger partial charge >= 0.3 is 0 Å². The van der Waals surface area contributed by atoms with E-state index in [1.54, 1.807) is 0 Å². The van der Waals surface area contributed by atoms with Crippen LogP contribution in [0.5, 0.6) is 0 Å². The van der Waals surface area contributed by atoms with E-state index in [9.17, 15) is 4.79 Å². The van der Waals surface area contributed by atoms with Crippen LogP contribution in [0, 0.1) is 0 Å². The first-order chi connectivity index (χ1) is 10.1. The molecule has 3 rings (SSSR count). The van der Waals surface area contributed by atoms with Crippen LogP contribution in [0.4, 0.5) is 11.4 Å². The lowest BCUT2D eigenvalue weighted by atomic mass is 9.92. The van der Waals surface area contributed by atoms with E-state index in [0.29, 0.717) is 5.69 Å². The second kappa shape index (κ2) is 5.05. The van der Waals surface area contributed by atoms with Crippen molar-refractivity contribution in [2.45, 2.75) is 0 Å². The third kappa shape index (κ3) is 2.29. The van der Waals surface area contributed by atoms with Crippen LogP contribution in [-0.2, 0) is 0 Å². The van der Waals surface area contributed by atoms with Crippen LogP contribution in [0.15, 0.2) is 47.5 Å². The predicted octanol–water partition coefficient (Wildman–Crippen LogP) is 2.37. The number of ketones is 1. The quantitative estimate of drug-likeness (QED) is 0.859. The summed E-state index contributed by atoms with van der Waals surface area (Å²) in [5.41, 5.74) is 11.2. The first kappa shape index (κ1) is 13.4. The Labute approximate surface area is 123 Å². The van der Waals surface area contributed by atoms with E-state index in [-0.39, 0.29) is 12.3 Å². The number of carbonyl (C=O) groups excluding carboxylic acids is 1. The maximum absolute atomic E-state index is 11.9. The SMILES string of the molecule is CN(C)c1ccc(C2=NCC(=O)c3ccccc32)cc1N. The van der Waals surface area contributed by atoms with E-state index in [1.807, 2.05) is 61.5 Å². The van der Waals surface area contributed by atoms with Crippen LogP contribution in [0.25, 0.3) is 0 Å². The number of hydrogen-bond acceptors (Lipinski definition) is 4. The van der Waals surface area contributed by atoms with E-state index < -0.39 is 0 Å². The van der Waals surface area contributed by atoms with Gasteiger partial charge in [-0.25, -0.2) is 0 Å². The first-order valence-electron chi connectivity index (χ1n) is 6.82. The largest absolute Gasteiger partial charge is 0.397 e. The number of nitrogen functional groups attached to an aromatic ring is 1. The van der Waals surface area contributed by atoms with Gasteiger partial charge in [-0.15, -0.1) is 0 Å². The zero-order chi connectivity index (χ0) is 15.0. The topological polar surface area (TPSA) is 58.7 Å². The Kier molecular flexibility index (Phi) is 3.22. The Morgan fingerprint density at radius 1 is 1.10 bits per heavy atom. The van der Waals surface area contributed by atoms with Crippen LogP contribution in [-0.4, -0.2) is 32.1 Å². The number of nitrogens with two attached hydrogens (primary N) is 1. The third-order valence-corrected chi connectivity index (χ3v) is 3.65. The molecule has 0 bridgehead atoms. The number of benzene rings is 2. The lowest BCUT2D eigenvalue weighted by Gasteiger charge is -2.19. The Bertz CT molecular complexity index is 747. The summed E-state index contributed by atoms with van der Waals surface area (Å²) in [7, 11) is 3.91. The summed E-state index contributed by atoms with van der Waals surface area (Å²) in [5, 5.41) is 0. The average molecular weight is 279 g/mol. The Balaban J connectivity index is 2.10. The number of rotatable bonds is 2. The minimum Gasteiger partial charge on any atom is -0.397 e. The van der Waals surface area contributed by atoms with Gasteiger partial charge in [-0.05, 0) is 12.1 Å². The molecule has 0 fully saturated rings. The average Bonchev–Trinajstić information content (AvgIpc) is 2.47. The van der Waals surface area contributed by atoms with Crippen molar-refractivity contribution in [1.29, 1.82) is 0 Å². The van der Waals surface area contributed by atoms with E-state index in [0.717, 1.165) is 28.1 Å². The zero-order valence-electron chi connectivity index (χ0n) is 12.1. The summed E-state index contributed by atoms with van der Waals surface area (Å²) in [6.45, 7) is 0.196. The fraction of sp³-hybridized carbons (Fsp3) is 0.176. The minimum absolute atomic E-state index is 0.0623. The standard InChI is InChI=1S/C17H17N3O/c1-20(2)15-8-7-11(9-14(15)18)17-13-6-4-3-5-12(13)16(21)10-19-17/h3-9H,10,18H2,1-2H3. The molecule has 106 valence electrons. The molecular formula is C17H17N3O. The van der Waals surface area contributed by atoms with Gasteiger partial charge in [0.2, 0.25) is 0 Å². The van der Waals surface area contributed by atoms with Gasteiger partial charge in [-0.1, -0.05) is 30.3 Å². The number of aliphatic imine (C=N–C) groups is 1. The molecule has 2 aromatic rings. The van der Waals surface area contributed by atoms with E-state index in [4.69, 9.17) is 5.73 Å². The van der Waals surface area contributed by atoms with Crippen LogP contribution >= 0.6 is 0 Å². The number of nitrogens with zero attached hydrogens (tertiary/aromatic N) is 2. The van der Waals surface area contributed by atoms with Crippen molar-refractivity contribution in [1.82, 2.24) is 0 Å². The number of fused-ring (bicyclic) bond motifs is 1. The fourth-order valence-electron chi connectivity index (χ4n) is 2.61. The van der Waals surface area contributed by atoms with Crippen LogP contribution < -0.4 is 10.6 Å². The fourth-order valence-corrected chi connectivity index (χ4v) is 2.61. The second-order valence-corrected chi connectivity index (χ2v) is 5.30. The van der Waals surface area contributed by atoms with Gasteiger partial charge in [0.15, 0.2) is 5.78 Å². The molecule has 1 aliphatic heterocycles. The number of carbonyl (C=O) groups is 1. The smallest absolute Gasteiger partial charge is 0.184 e.